The Hall–Kier alpha value is -3.86. The third kappa shape index (κ3) is 3.38. The lowest BCUT2D eigenvalue weighted by molar-refractivity contribution is 0.782. The van der Waals surface area contributed by atoms with Crippen molar-refractivity contribution in [3.63, 3.8) is 0 Å². The van der Waals surface area contributed by atoms with Gasteiger partial charge in [0.25, 0.3) is 0 Å². The Morgan fingerprint density at radius 1 is 0.724 bits per heavy atom. The Balaban J connectivity index is 1.61. The molecule has 140 valence electrons. The van der Waals surface area contributed by atoms with Crippen molar-refractivity contribution in [1.29, 1.82) is 0 Å². The van der Waals surface area contributed by atoms with Gasteiger partial charge in [0.1, 0.15) is 11.5 Å². The van der Waals surface area contributed by atoms with E-state index >= 15 is 0 Å². The molecule has 0 aliphatic rings. The smallest absolute Gasteiger partial charge is 0.145 e. The lowest BCUT2D eigenvalue weighted by Gasteiger charge is -2.19. The van der Waals surface area contributed by atoms with Crippen LogP contribution in [0.2, 0.25) is 0 Å². The Labute approximate surface area is 168 Å². The molecule has 0 amide bonds. The molecule has 5 aromatic rings. The van der Waals surface area contributed by atoms with Crippen LogP contribution in [0.5, 0.6) is 0 Å². The molecule has 0 radical (unpaired) electrons. The predicted octanol–water partition coefficient (Wildman–Crippen LogP) is 4.59. The summed E-state index contributed by atoms with van der Waals surface area (Å²) in [5.41, 5.74) is 4.37. The summed E-state index contributed by atoms with van der Waals surface area (Å²) >= 11 is 0. The van der Waals surface area contributed by atoms with E-state index in [1.807, 2.05) is 55.2 Å². The standard InChI is InChI=1S/C24H19N5/c1-7-20(16-25-10-1)22(21-8-2-11-26-17-21)15-19-6-4-13-28-24(19)29-14-9-18-5-3-12-27-23(18)29/h1-14,16-17,22H,15H2. The Morgan fingerprint density at radius 2 is 1.41 bits per heavy atom. The first-order chi connectivity index (χ1) is 14.4. The summed E-state index contributed by atoms with van der Waals surface area (Å²) in [5, 5.41) is 1.10. The van der Waals surface area contributed by atoms with Gasteiger partial charge in [0.15, 0.2) is 0 Å². The highest BCUT2D eigenvalue weighted by atomic mass is 15.1. The van der Waals surface area contributed by atoms with Crippen LogP contribution >= 0.6 is 0 Å². The van der Waals surface area contributed by atoms with E-state index in [4.69, 9.17) is 4.98 Å². The summed E-state index contributed by atoms with van der Waals surface area (Å²) in [7, 11) is 0. The molecule has 0 bridgehead atoms. The Morgan fingerprint density at radius 3 is 2.14 bits per heavy atom. The van der Waals surface area contributed by atoms with Gasteiger partial charge in [0.2, 0.25) is 0 Å². The van der Waals surface area contributed by atoms with Crippen LogP contribution < -0.4 is 0 Å². The molecule has 0 spiro atoms. The maximum Gasteiger partial charge on any atom is 0.145 e. The van der Waals surface area contributed by atoms with Gasteiger partial charge in [-0.05, 0) is 59.5 Å². The van der Waals surface area contributed by atoms with E-state index < -0.39 is 0 Å². The van der Waals surface area contributed by atoms with Gasteiger partial charge in [-0.2, -0.15) is 0 Å². The fourth-order valence-electron chi connectivity index (χ4n) is 3.76. The van der Waals surface area contributed by atoms with Gasteiger partial charge in [-0.3, -0.25) is 14.5 Å². The normalized spacial score (nSPS) is 11.2. The summed E-state index contributed by atoms with van der Waals surface area (Å²) in [6, 6.07) is 18.4. The van der Waals surface area contributed by atoms with E-state index in [-0.39, 0.29) is 5.92 Å². The summed E-state index contributed by atoms with van der Waals surface area (Å²) < 4.78 is 2.06. The van der Waals surface area contributed by atoms with Crippen LogP contribution in [0.1, 0.15) is 22.6 Å². The molecule has 0 unspecified atom stereocenters. The molecule has 0 aliphatic carbocycles. The van der Waals surface area contributed by atoms with Crippen molar-refractivity contribution in [2.75, 3.05) is 0 Å². The number of rotatable bonds is 5. The lowest BCUT2D eigenvalue weighted by Crippen LogP contribution is -2.10. The summed E-state index contributed by atoms with van der Waals surface area (Å²) in [5.74, 6) is 1.04. The molecule has 0 atom stereocenters. The number of fused-ring (bicyclic) bond motifs is 1. The second-order valence-electron chi connectivity index (χ2n) is 6.92. The molecule has 5 heteroatoms. The molecule has 5 rings (SSSR count). The second kappa shape index (κ2) is 7.64. The molecule has 5 aromatic heterocycles. The molecule has 0 fully saturated rings. The van der Waals surface area contributed by atoms with Crippen LogP contribution in [0, 0.1) is 0 Å². The van der Waals surface area contributed by atoms with Crippen molar-refractivity contribution >= 4 is 11.0 Å². The summed E-state index contributed by atoms with van der Waals surface area (Å²) in [6.45, 7) is 0. The molecule has 0 aromatic carbocycles. The molecule has 29 heavy (non-hydrogen) atoms. The van der Waals surface area contributed by atoms with Crippen molar-refractivity contribution in [2.45, 2.75) is 12.3 Å². The number of hydrogen-bond acceptors (Lipinski definition) is 4. The minimum absolute atomic E-state index is 0.134. The highest BCUT2D eigenvalue weighted by Gasteiger charge is 2.19. The third-order valence-corrected chi connectivity index (χ3v) is 5.14. The van der Waals surface area contributed by atoms with E-state index in [1.165, 1.54) is 0 Å². The van der Waals surface area contributed by atoms with Crippen molar-refractivity contribution in [1.82, 2.24) is 24.5 Å². The third-order valence-electron chi connectivity index (χ3n) is 5.14. The monoisotopic (exact) mass is 377 g/mol. The Bertz CT molecular complexity index is 1190. The summed E-state index contributed by atoms with van der Waals surface area (Å²) in [4.78, 5) is 17.9. The maximum atomic E-state index is 4.70. The molecular formula is C24H19N5. The minimum atomic E-state index is 0.134. The van der Waals surface area contributed by atoms with Gasteiger partial charge in [-0.25, -0.2) is 9.97 Å². The van der Waals surface area contributed by atoms with Crippen molar-refractivity contribution in [3.05, 3.63) is 115 Å². The molecule has 0 saturated carbocycles. The van der Waals surface area contributed by atoms with Gasteiger partial charge in [0, 0.05) is 54.7 Å². The van der Waals surface area contributed by atoms with Gasteiger partial charge in [0.05, 0.1) is 0 Å². The van der Waals surface area contributed by atoms with Gasteiger partial charge in [-0.15, -0.1) is 0 Å². The van der Waals surface area contributed by atoms with Gasteiger partial charge < -0.3 is 0 Å². The zero-order valence-electron chi connectivity index (χ0n) is 15.8. The fraction of sp³-hybridized carbons (Fsp3) is 0.0833. The molecule has 0 saturated heterocycles. The zero-order chi connectivity index (χ0) is 19.5. The minimum Gasteiger partial charge on any atom is -0.285 e. The first-order valence-electron chi connectivity index (χ1n) is 9.56. The van der Waals surface area contributed by atoms with Crippen LogP contribution in [0.25, 0.3) is 16.9 Å². The number of pyridine rings is 4. The van der Waals surface area contributed by atoms with E-state index in [9.17, 15) is 0 Å². The van der Waals surface area contributed by atoms with Crippen molar-refractivity contribution < 1.29 is 0 Å². The molecular weight excluding hydrogens is 358 g/mol. The number of hydrogen-bond donors (Lipinski definition) is 0. The number of nitrogens with zero attached hydrogens (tertiary/aromatic N) is 5. The highest BCUT2D eigenvalue weighted by Crippen LogP contribution is 2.30. The molecule has 5 heterocycles. The average Bonchev–Trinajstić information content (AvgIpc) is 3.23. The average molecular weight is 377 g/mol. The van der Waals surface area contributed by atoms with Gasteiger partial charge >= 0.3 is 0 Å². The fourth-order valence-corrected chi connectivity index (χ4v) is 3.76. The maximum absolute atomic E-state index is 4.70. The topological polar surface area (TPSA) is 56.5 Å². The largest absolute Gasteiger partial charge is 0.285 e. The first kappa shape index (κ1) is 17.3. The van der Waals surface area contributed by atoms with Crippen LogP contribution in [-0.2, 0) is 6.42 Å². The highest BCUT2D eigenvalue weighted by molar-refractivity contribution is 5.77. The van der Waals surface area contributed by atoms with E-state index in [0.717, 1.165) is 40.0 Å². The SMILES string of the molecule is c1cncc(C(Cc2cccnc2-n2ccc3cccnc32)c2cccnc2)c1. The van der Waals surface area contributed by atoms with Gasteiger partial charge in [-0.1, -0.05) is 18.2 Å². The van der Waals surface area contributed by atoms with Crippen LogP contribution in [0.3, 0.4) is 0 Å². The second-order valence-corrected chi connectivity index (χ2v) is 6.92. The Kier molecular flexibility index (Phi) is 4.54. The van der Waals surface area contributed by atoms with Crippen LogP contribution in [0.15, 0.2) is 98.0 Å². The summed E-state index contributed by atoms with van der Waals surface area (Å²) in [6.07, 6.45) is 13.9. The molecule has 0 aliphatic heterocycles. The van der Waals surface area contributed by atoms with E-state index in [0.29, 0.717) is 0 Å². The predicted molar refractivity (Wildman–Crippen MR) is 113 cm³/mol. The van der Waals surface area contributed by atoms with Crippen molar-refractivity contribution in [2.24, 2.45) is 0 Å². The van der Waals surface area contributed by atoms with Crippen LogP contribution in [0.4, 0.5) is 0 Å². The first-order valence-corrected chi connectivity index (χ1v) is 9.56. The van der Waals surface area contributed by atoms with E-state index in [2.05, 4.69) is 49.9 Å². The van der Waals surface area contributed by atoms with Crippen LogP contribution in [-0.4, -0.2) is 24.5 Å². The molecule has 5 nitrogen and oxygen atoms in total. The zero-order valence-corrected chi connectivity index (χ0v) is 15.8. The lowest BCUT2D eigenvalue weighted by atomic mass is 9.87. The number of aromatic nitrogens is 5. The van der Waals surface area contributed by atoms with Crippen molar-refractivity contribution in [3.8, 4) is 5.82 Å². The molecule has 0 N–H and O–H groups in total. The van der Waals surface area contributed by atoms with E-state index in [1.54, 1.807) is 12.4 Å². The quantitative estimate of drug-likeness (QED) is 0.450.